The number of aryl methyl sites for hydroxylation is 1. The maximum absolute atomic E-state index is 12.8. The highest BCUT2D eigenvalue weighted by atomic mass is 19.1. The number of benzene rings is 2. The molecule has 0 aromatic heterocycles. The number of hydrogen-bond donors (Lipinski definition) is 1. The van der Waals surface area contributed by atoms with E-state index in [0.29, 0.717) is 24.5 Å². The van der Waals surface area contributed by atoms with Crippen molar-refractivity contribution in [2.24, 2.45) is 0 Å². The molecule has 0 spiro atoms. The Morgan fingerprint density at radius 3 is 2.33 bits per heavy atom. The van der Waals surface area contributed by atoms with Crippen LogP contribution >= 0.6 is 0 Å². The van der Waals surface area contributed by atoms with Gasteiger partial charge in [0.25, 0.3) is 0 Å². The predicted octanol–water partition coefficient (Wildman–Crippen LogP) is 3.05. The van der Waals surface area contributed by atoms with Gasteiger partial charge in [0.1, 0.15) is 5.82 Å². The van der Waals surface area contributed by atoms with Crippen LogP contribution in [0.15, 0.2) is 36.4 Å². The van der Waals surface area contributed by atoms with Gasteiger partial charge < -0.3 is 14.8 Å². The molecule has 0 fully saturated rings. The summed E-state index contributed by atoms with van der Waals surface area (Å²) in [6, 6.07) is 9.81. The van der Waals surface area contributed by atoms with E-state index < -0.39 is 0 Å². The second kappa shape index (κ2) is 8.34. The minimum absolute atomic E-state index is 0.0836. The molecule has 5 heteroatoms. The van der Waals surface area contributed by atoms with E-state index in [4.69, 9.17) is 9.47 Å². The van der Waals surface area contributed by atoms with Gasteiger partial charge in [-0.1, -0.05) is 12.1 Å². The molecule has 1 amide bonds. The Bertz CT molecular complexity index is 699. The Hall–Kier alpha value is -2.56. The molecule has 0 bridgehead atoms. The number of amides is 1. The molecule has 0 radical (unpaired) electrons. The van der Waals surface area contributed by atoms with Crippen molar-refractivity contribution in [1.29, 1.82) is 0 Å². The van der Waals surface area contributed by atoms with Crippen molar-refractivity contribution in [2.75, 3.05) is 20.8 Å². The number of halogens is 1. The number of carbonyl (C=O) groups is 1. The summed E-state index contributed by atoms with van der Waals surface area (Å²) in [4.78, 5) is 11.9. The highest BCUT2D eigenvalue weighted by Gasteiger charge is 2.09. The van der Waals surface area contributed by atoms with Crippen molar-refractivity contribution < 1.29 is 18.7 Å². The van der Waals surface area contributed by atoms with Gasteiger partial charge in [-0.2, -0.15) is 0 Å². The summed E-state index contributed by atoms with van der Waals surface area (Å²) in [6.45, 7) is 2.52. The number of hydrogen-bond acceptors (Lipinski definition) is 3. The number of carbonyl (C=O) groups excluding carboxylic acids is 1. The highest BCUT2D eigenvalue weighted by Crippen LogP contribution is 2.30. The fourth-order valence-electron chi connectivity index (χ4n) is 2.48. The SMILES string of the molecule is COc1cc(C)c(CCNC(=O)Cc2ccc(F)cc2)cc1OC. The molecule has 0 atom stereocenters. The number of methoxy groups -OCH3 is 2. The van der Waals surface area contributed by atoms with E-state index in [9.17, 15) is 9.18 Å². The fourth-order valence-corrected chi connectivity index (χ4v) is 2.48. The third kappa shape index (κ3) is 4.72. The van der Waals surface area contributed by atoms with E-state index in [1.165, 1.54) is 12.1 Å². The molecule has 2 rings (SSSR count). The van der Waals surface area contributed by atoms with Crippen LogP contribution in [-0.4, -0.2) is 26.7 Å². The first-order valence-corrected chi connectivity index (χ1v) is 7.76. The van der Waals surface area contributed by atoms with Crippen LogP contribution in [0.3, 0.4) is 0 Å². The van der Waals surface area contributed by atoms with Gasteiger partial charge in [0.15, 0.2) is 11.5 Å². The lowest BCUT2D eigenvalue weighted by molar-refractivity contribution is -0.120. The van der Waals surface area contributed by atoms with E-state index >= 15 is 0 Å². The minimum Gasteiger partial charge on any atom is -0.493 e. The van der Waals surface area contributed by atoms with Crippen LogP contribution in [0.5, 0.6) is 11.5 Å². The molecule has 4 nitrogen and oxygen atoms in total. The van der Waals surface area contributed by atoms with Gasteiger partial charge in [0, 0.05) is 6.54 Å². The average molecular weight is 331 g/mol. The van der Waals surface area contributed by atoms with Gasteiger partial charge in [-0.05, 0) is 54.3 Å². The van der Waals surface area contributed by atoms with Crippen LogP contribution in [0.1, 0.15) is 16.7 Å². The zero-order valence-electron chi connectivity index (χ0n) is 14.2. The summed E-state index contributed by atoms with van der Waals surface area (Å²) in [6.07, 6.45) is 0.937. The van der Waals surface area contributed by atoms with Crippen LogP contribution < -0.4 is 14.8 Å². The molecular formula is C19H22FNO3. The molecule has 0 aliphatic heterocycles. The molecule has 0 aliphatic rings. The lowest BCUT2D eigenvalue weighted by Gasteiger charge is -2.13. The van der Waals surface area contributed by atoms with Crippen molar-refractivity contribution in [3.05, 3.63) is 58.9 Å². The lowest BCUT2D eigenvalue weighted by atomic mass is 10.0. The fraction of sp³-hybridized carbons (Fsp3) is 0.316. The monoisotopic (exact) mass is 331 g/mol. The number of rotatable bonds is 7. The zero-order chi connectivity index (χ0) is 17.5. The van der Waals surface area contributed by atoms with Crippen LogP contribution in [0.25, 0.3) is 0 Å². The molecule has 0 saturated heterocycles. The van der Waals surface area contributed by atoms with Gasteiger partial charge in [0.05, 0.1) is 20.6 Å². The zero-order valence-corrected chi connectivity index (χ0v) is 14.2. The van der Waals surface area contributed by atoms with Crippen LogP contribution in [-0.2, 0) is 17.6 Å². The first-order valence-electron chi connectivity index (χ1n) is 7.76. The van der Waals surface area contributed by atoms with Crippen molar-refractivity contribution in [3.63, 3.8) is 0 Å². The smallest absolute Gasteiger partial charge is 0.224 e. The molecule has 128 valence electrons. The van der Waals surface area contributed by atoms with Crippen LogP contribution in [0, 0.1) is 12.7 Å². The molecule has 0 heterocycles. The molecule has 24 heavy (non-hydrogen) atoms. The van der Waals surface area contributed by atoms with E-state index in [2.05, 4.69) is 5.32 Å². The first-order chi connectivity index (χ1) is 11.5. The van der Waals surface area contributed by atoms with Crippen molar-refractivity contribution in [2.45, 2.75) is 19.8 Å². The quantitative estimate of drug-likeness (QED) is 0.848. The van der Waals surface area contributed by atoms with E-state index in [0.717, 1.165) is 16.7 Å². The predicted molar refractivity (Wildman–Crippen MR) is 91.1 cm³/mol. The van der Waals surface area contributed by atoms with Crippen LogP contribution in [0.2, 0.25) is 0 Å². The van der Waals surface area contributed by atoms with Gasteiger partial charge in [-0.15, -0.1) is 0 Å². The topological polar surface area (TPSA) is 47.6 Å². The third-order valence-corrected chi connectivity index (χ3v) is 3.84. The standard InChI is InChI=1S/C19H22FNO3/c1-13-10-17(23-2)18(24-3)12-15(13)8-9-21-19(22)11-14-4-6-16(20)7-5-14/h4-7,10,12H,8-9,11H2,1-3H3,(H,21,22). The van der Waals surface area contributed by atoms with E-state index in [-0.39, 0.29) is 18.1 Å². The summed E-state index contributed by atoms with van der Waals surface area (Å²) < 4.78 is 23.4. The van der Waals surface area contributed by atoms with Gasteiger partial charge >= 0.3 is 0 Å². The molecule has 0 unspecified atom stereocenters. The molecule has 2 aromatic carbocycles. The molecule has 0 aliphatic carbocycles. The average Bonchev–Trinajstić information content (AvgIpc) is 2.58. The summed E-state index contributed by atoms with van der Waals surface area (Å²) in [7, 11) is 3.20. The Labute approximate surface area is 141 Å². The second-order valence-electron chi connectivity index (χ2n) is 5.54. The van der Waals surface area contributed by atoms with E-state index in [1.54, 1.807) is 26.4 Å². The normalized spacial score (nSPS) is 10.3. The Morgan fingerprint density at radius 2 is 1.71 bits per heavy atom. The van der Waals surface area contributed by atoms with Gasteiger partial charge in [0.2, 0.25) is 5.91 Å². The molecule has 1 N–H and O–H groups in total. The van der Waals surface area contributed by atoms with Crippen molar-refractivity contribution in [3.8, 4) is 11.5 Å². The number of ether oxygens (including phenoxy) is 2. The van der Waals surface area contributed by atoms with Gasteiger partial charge in [-0.25, -0.2) is 4.39 Å². The van der Waals surface area contributed by atoms with E-state index in [1.807, 2.05) is 19.1 Å². The van der Waals surface area contributed by atoms with Gasteiger partial charge in [-0.3, -0.25) is 4.79 Å². The largest absolute Gasteiger partial charge is 0.493 e. The highest BCUT2D eigenvalue weighted by molar-refractivity contribution is 5.78. The molecular weight excluding hydrogens is 309 g/mol. The maximum atomic E-state index is 12.8. The van der Waals surface area contributed by atoms with Crippen molar-refractivity contribution in [1.82, 2.24) is 5.32 Å². The molecule has 2 aromatic rings. The Morgan fingerprint density at radius 1 is 1.08 bits per heavy atom. The van der Waals surface area contributed by atoms with Crippen LogP contribution in [0.4, 0.5) is 4.39 Å². The Kier molecular flexibility index (Phi) is 6.18. The first kappa shape index (κ1) is 17.8. The maximum Gasteiger partial charge on any atom is 0.224 e. The minimum atomic E-state index is -0.303. The molecule has 0 saturated carbocycles. The third-order valence-electron chi connectivity index (χ3n) is 3.84. The lowest BCUT2D eigenvalue weighted by Crippen LogP contribution is -2.27. The summed E-state index contributed by atoms with van der Waals surface area (Å²) in [5.41, 5.74) is 2.96. The summed E-state index contributed by atoms with van der Waals surface area (Å²) in [5.74, 6) is 0.984. The summed E-state index contributed by atoms with van der Waals surface area (Å²) in [5, 5.41) is 2.88. The number of nitrogens with one attached hydrogen (secondary N) is 1. The summed E-state index contributed by atoms with van der Waals surface area (Å²) >= 11 is 0. The second-order valence-corrected chi connectivity index (χ2v) is 5.54. The van der Waals surface area contributed by atoms with Crippen molar-refractivity contribution >= 4 is 5.91 Å². The Balaban J connectivity index is 1.89.